The van der Waals surface area contributed by atoms with Crippen molar-refractivity contribution in [3.8, 4) is 0 Å². The number of carbonyl (C=O) groups excluding carboxylic acids is 1. The Balaban J connectivity index is 2.14. The molecule has 2 heterocycles. The third kappa shape index (κ3) is 4.34. The van der Waals surface area contributed by atoms with Gasteiger partial charge in [-0.25, -0.2) is 9.78 Å². The normalized spacial score (nSPS) is 18.3. The van der Waals surface area contributed by atoms with Crippen LogP contribution in [0.1, 0.15) is 44.4 Å². The van der Waals surface area contributed by atoms with Crippen molar-refractivity contribution in [1.29, 1.82) is 0 Å². The first-order valence-corrected chi connectivity index (χ1v) is 7.53. The minimum absolute atomic E-state index is 0.315. The molecule has 6 heteroatoms. The third-order valence-electron chi connectivity index (χ3n) is 3.49. The Kier molecular flexibility index (Phi) is 4.90. The summed E-state index contributed by atoms with van der Waals surface area (Å²) in [6.07, 6.45) is 0.597. The summed E-state index contributed by atoms with van der Waals surface area (Å²) in [5, 5.41) is 0. The van der Waals surface area contributed by atoms with Gasteiger partial charge in [-0.2, -0.15) is 0 Å². The van der Waals surface area contributed by atoms with Crippen LogP contribution >= 0.6 is 0 Å². The molecule has 1 amide bonds. The SMILES string of the molecule is CN(Cc1nc(N)ccc1C1CCOC1)C(=O)OC(C)(C)C. The van der Waals surface area contributed by atoms with E-state index in [2.05, 4.69) is 4.98 Å². The molecule has 0 saturated carbocycles. The summed E-state index contributed by atoms with van der Waals surface area (Å²) < 4.78 is 10.8. The smallest absolute Gasteiger partial charge is 0.410 e. The van der Waals surface area contributed by atoms with Crippen molar-refractivity contribution in [1.82, 2.24) is 9.88 Å². The molecule has 0 spiro atoms. The predicted octanol–water partition coefficient (Wildman–Crippen LogP) is 2.53. The van der Waals surface area contributed by atoms with Gasteiger partial charge < -0.3 is 20.1 Å². The second-order valence-electron chi connectivity index (χ2n) is 6.67. The highest BCUT2D eigenvalue weighted by molar-refractivity contribution is 5.67. The fourth-order valence-corrected chi connectivity index (χ4v) is 2.44. The molecule has 1 unspecified atom stereocenters. The van der Waals surface area contributed by atoms with Crippen LogP contribution in [0.4, 0.5) is 10.6 Å². The Morgan fingerprint density at radius 2 is 2.23 bits per heavy atom. The molecule has 6 nitrogen and oxygen atoms in total. The largest absolute Gasteiger partial charge is 0.444 e. The summed E-state index contributed by atoms with van der Waals surface area (Å²) in [5.41, 5.74) is 7.19. The number of amides is 1. The first-order valence-electron chi connectivity index (χ1n) is 7.53. The second kappa shape index (κ2) is 6.52. The van der Waals surface area contributed by atoms with Crippen LogP contribution in [-0.4, -0.2) is 41.8 Å². The van der Waals surface area contributed by atoms with Crippen LogP contribution < -0.4 is 5.73 Å². The van der Waals surface area contributed by atoms with Gasteiger partial charge in [0.05, 0.1) is 18.8 Å². The van der Waals surface area contributed by atoms with Crippen LogP contribution in [0.25, 0.3) is 0 Å². The number of carbonyl (C=O) groups is 1. The molecule has 0 radical (unpaired) electrons. The van der Waals surface area contributed by atoms with Crippen LogP contribution in [-0.2, 0) is 16.0 Å². The topological polar surface area (TPSA) is 77.7 Å². The standard InChI is InChI=1S/C16H25N3O3/c1-16(2,3)22-15(20)19(4)9-13-12(5-6-14(17)18-13)11-7-8-21-10-11/h5-6,11H,7-10H2,1-4H3,(H2,17,18). The number of pyridine rings is 1. The number of nitrogen functional groups attached to an aromatic ring is 1. The molecule has 1 aliphatic heterocycles. The van der Waals surface area contributed by atoms with Crippen molar-refractivity contribution in [2.75, 3.05) is 26.0 Å². The van der Waals surface area contributed by atoms with Gasteiger partial charge in [0.25, 0.3) is 0 Å². The summed E-state index contributed by atoms with van der Waals surface area (Å²) in [4.78, 5) is 18.0. The molecule has 0 aliphatic carbocycles. The third-order valence-corrected chi connectivity index (χ3v) is 3.49. The van der Waals surface area contributed by atoms with E-state index in [-0.39, 0.29) is 6.09 Å². The zero-order chi connectivity index (χ0) is 16.3. The molecular formula is C16H25N3O3. The number of rotatable bonds is 3. The van der Waals surface area contributed by atoms with Crippen LogP contribution in [0.15, 0.2) is 12.1 Å². The zero-order valence-electron chi connectivity index (χ0n) is 13.8. The van der Waals surface area contributed by atoms with Crippen molar-refractivity contribution in [2.24, 2.45) is 0 Å². The number of hydrogen-bond acceptors (Lipinski definition) is 5. The van der Waals surface area contributed by atoms with E-state index in [0.29, 0.717) is 24.9 Å². The average molecular weight is 307 g/mol. The van der Waals surface area contributed by atoms with Crippen LogP contribution in [0.3, 0.4) is 0 Å². The fraction of sp³-hybridized carbons (Fsp3) is 0.625. The van der Waals surface area contributed by atoms with E-state index in [0.717, 1.165) is 24.3 Å². The van der Waals surface area contributed by atoms with Gasteiger partial charge in [-0.3, -0.25) is 0 Å². The van der Waals surface area contributed by atoms with Gasteiger partial charge in [0, 0.05) is 19.6 Å². The van der Waals surface area contributed by atoms with Crippen molar-refractivity contribution >= 4 is 11.9 Å². The summed E-state index contributed by atoms with van der Waals surface area (Å²) in [6.45, 7) is 7.35. The molecule has 1 aromatic rings. The number of anilines is 1. The Morgan fingerprint density at radius 3 is 2.82 bits per heavy atom. The molecule has 0 aromatic carbocycles. The van der Waals surface area contributed by atoms with Gasteiger partial charge in [-0.1, -0.05) is 6.07 Å². The number of hydrogen-bond donors (Lipinski definition) is 1. The molecule has 122 valence electrons. The molecule has 0 bridgehead atoms. The summed E-state index contributed by atoms with van der Waals surface area (Å²) in [5.74, 6) is 0.769. The number of aromatic nitrogens is 1. The minimum Gasteiger partial charge on any atom is -0.444 e. The fourth-order valence-electron chi connectivity index (χ4n) is 2.44. The highest BCUT2D eigenvalue weighted by Crippen LogP contribution is 2.28. The van der Waals surface area contributed by atoms with E-state index >= 15 is 0 Å². The van der Waals surface area contributed by atoms with Crippen molar-refractivity contribution in [2.45, 2.75) is 45.3 Å². The Hall–Kier alpha value is -1.82. The second-order valence-corrected chi connectivity index (χ2v) is 6.67. The monoisotopic (exact) mass is 307 g/mol. The highest BCUT2D eigenvalue weighted by Gasteiger charge is 2.24. The first-order chi connectivity index (χ1) is 10.3. The lowest BCUT2D eigenvalue weighted by atomic mass is 9.96. The van der Waals surface area contributed by atoms with Gasteiger partial charge >= 0.3 is 6.09 Å². The molecule has 1 aromatic heterocycles. The first kappa shape index (κ1) is 16.5. The highest BCUT2D eigenvalue weighted by atomic mass is 16.6. The number of nitrogens with two attached hydrogens (primary N) is 1. The van der Waals surface area contributed by atoms with E-state index in [1.807, 2.05) is 26.8 Å². The van der Waals surface area contributed by atoms with E-state index in [9.17, 15) is 4.79 Å². The van der Waals surface area contributed by atoms with E-state index in [1.165, 1.54) is 4.90 Å². The predicted molar refractivity (Wildman–Crippen MR) is 84.5 cm³/mol. The van der Waals surface area contributed by atoms with E-state index < -0.39 is 5.60 Å². The van der Waals surface area contributed by atoms with Gasteiger partial charge in [-0.05, 0) is 38.8 Å². The molecule has 1 fully saturated rings. The summed E-state index contributed by atoms with van der Waals surface area (Å²) in [6, 6.07) is 3.78. The molecule has 2 N–H and O–H groups in total. The lowest BCUT2D eigenvalue weighted by Gasteiger charge is -2.25. The molecule has 2 rings (SSSR count). The van der Waals surface area contributed by atoms with Gasteiger partial charge in [0.15, 0.2) is 0 Å². The summed E-state index contributed by atoms with van der Waals surface area (Å²) >= 11 is 0. The quantitative estimate of drug-likeness (QED) is 0.928. The minimum atomic E-state index is -0.517. The van der Waals surface area contributed by atoms with Gasteiger partial charge in [-0.15, -0.1) is 0 Å². The Morgan fingerprint density at radius 1 is 1.50 bits per heavy atom. The maximum atomic E-state index is 12.1. The number of ether oxygens (including phenoxy) is 2. The number of nitrogens with zero attached hydrogens (tertiary/aromatic N) is 2. The lowest BCUT2D eigenvalue weighted by molar-refractivity contribution is 0.0282. The maximum Gasteiger partial charge on any atom is 0.410 e. The molecule has 1 saturated heterocycles. The van der Waals surface area contributed by atoms with Gasteiger partial charge in [0.1, 0.15) is 11.4 Å². The van der Waals surface area contributed by atoms with E-state index in [1.54, 1.807) is 13.1 Å². The average Bonchev–Trinajstić information content (AvgIpc) is 2.90. The van der Waals surface area contributed by atoms with Crippen molar-refractivity contribution < 1.29 is 14.3 Å². The molecule has 1 aliphatic rings. The van der Waals surface area contributed by atoms with Crippen LogP contribution in [0.5, 0.6) is 0 Å². The Labute approximate surface area is 131 Å². The van der Waals surface area contributed by atoms with Crippen molar-refractivity contribution in [3.05, 3.63) is 23.4 Å². The maximum absolute atomic E-state index is 12.1. The zero-order valence-corrected chi connectivity index (χ0v) is 13.8. The van der Waals surface area contributed by atoms with E-state index in [4.69, 9.17) is 15.2 Å². The molecular weight excluding hydrogens is 282 g/mol. The van der Waals surface area contributed by atoms with Gasteiger partial charge in [0.2, 0.25) is 0 Å². The van der Waals surface area contributed by atoms with Crippen molar-refractivity contribution in [3.63, 3.8) is 0 Å². The van der Waals surface area contributed by atoms with Crippen LogP contribution in [0, 0.1) is 0 Å². The molecule has 22 heavy (non-hydrogen) atoms. The summed E-state index contributed by atoms with van der Waals surface area (Å²) in [7, 11) is 1.70. The molecule has 1 atom stereocenters. The van der Waals surface area contributed by atoms with Crippen LogP contribution in [0.2, 0.25) is 0 Å². The Bertz CT molecular complexity index is 534. The lowest BCUT2D eigenvalue weighted by Crippen LogP contribution is -2.34.